The monoisotopic (exact) mass is 354 g/mol. The maximum atomic E-state index is 12.2. The minimum atomic E-state index is -1.78. The summed E-state index contributed by atoms with van der Waals surface area (Å²) in [4.78, 5) is 12.2. The molecule has 1 fully saturated rings. The van der Waals surface area contributed by atoms with Crippen molar-refractivity contribution in [3.63, 3.8) is 0 Å². The molecule has 0 bridgehead atoms. The number of Topliss-reactive ketones (excluding diaryl/α,β-unsaturated/α-hetero) is 1. The van der Waals surface area contributed by atoms with Crippen LogP contribution in [-0.4, -0.2) is 31.4 Å². The predicted molar refractivity (Wildman–Crippen MR) is 104 cm³/mol. The Morgan fingerprint density at radius 2 is 1.83 bits per heavy atom. The van der Waals surface area contributed by atoms with Crippen molar-refractivity contribution in [3.05, 3.63) is 12.2 Å². The number of hydrogen-bond donors (Lipinski definition) is 1. The van der Waals surface area contributed by atoms with E-state index in [0.717, 1.165) is 31.0 Å². The van der Waals surface area contributed by atoms with Gasteiger partial charge in [-0.15, -0.1) is 0 Å². The van der Waals surface area contributed by atoms with Gasteiger partial charge < -0.3 is 9.53 Å². The third kappa shape index (κ3) is 5.03. The molecule has 2 unspecified atom stereocenters. The number of hydrogen-bond acceptors (Lipinski definition) is 3. The number of aliphatic hydroxyl groups excluding tert-OH is 1. The Hall–Kier alpha value is -0.453. The van der Waals surface area contributed by atoms with E-state index in [1.54, 1.807) is 0 Å². The van der Waals surface area contributed by atoms with E-state index in [1.807, 2.05) is 13.0 Å². The van der Waals surface area contributed by atoms with Gasteiger partial charge >= 0.3 is 0 Å². The summed E-state index contributed by atoms with van der Waals surface area (Å²) in [6, 6.07) is 3.28. The summed E-state index contributed by atoms with van der Waals surface area (Å²) >= 11 is 0. The highest BCUT2D eigenvalue weighted by Gasteiger charge is 2.42. The lowest BCUT2D eigenvalue weighted by molar-refractivity contribution is -0.126. The average molecular weight is 355 g/mol. The fourth-order valence-corrected chi connectivity index (χ4v) is 6.98. The minimum absolute atomic E-state index is 0.0234. The molecule has 3 nitrogen and oxygen atoms in total. The number of rotatable bonds is 10. The van der Waals surface area contributed by atoms with Crippen LogP contribution in [0.25, 0.3) is 0 Å². The van der Waals surface area contributed by atoms with E-state index in [-0.39, 0.29) is 29.6 Å². The first-order chi connectivity index (χ1) is 11.4. The first-order valence-corrected chi connectivity index (χ1v) is 12.4. The molecule has 1 saturated carbocycles. The number of aliphatic hydroxyl groups is 1. The van der Waals surface area contributed by atoms with Gasteiger partial charge in [0.05, 0.1) is 12.2 Å². The van der Waals surface area contributed by atoms with Crippen molar-refractivity contribution in [1.82, 2.24) is 0 Å². The van der Waals surface area contributed by atoms with E-state index >= 15 is 0 Å². The number of allylic oxidation sites excluding steroid dienone is 1. The summed E-state index contributed by atoms with van der Waals surface area (Å²) in [7, 11) is -1.78. The van der Waals surface area contributed by atoms with Crippen molar-refractivity contribution in [2.75, 3.05) is 0 Å². The smallest absolute Gasteiger partial charge is 0.192 e. The van der Waals surface area contributed by atoms with E-state index < -0.39 is 14.4 Å². The minimum Gasteiger partial charge on any atom is -0.410 e. The fraction of sp³-hybridized carbons (Fsp3) is 0.850. The van der Waals surface area contributed by atoms with Crippen LogP contribution in [-0.2, 0) is 9.22 Å². The second-order valence-electron chi connectivity index (χ2n) is 7.63. The second-order valence-corrected chi connectivity index (χ2v) is 12.4. The molecular weight excluding hydrogens is 316 g/mol. The van der Waals surface area contributed by atoms with Gasteiger partial charge in [-0.2, -0.15) is 0 Å². The van der Waals surface area contributed by atoms with Crippen molar-refractivity contribution < 1.29 is 14.3 Å². The van der Waals surface area contributed by atoms with Crippen molar-refractivity contribution >= 4 is 14.1 Å². The molecule has 0 radical (unpaired) electrons. The SMILES string of the molecule is C/C=C/[C@@H](O[Si](CC)(CC)CC)[C@H](C(C)C)C(O)C1CCCC1=O. The molecule has 0 aromatic carbocycles. The van der Waals surface area contributed by atoms with Gasteiger partial charge in [0, 0.05) is 18.3 Å². The summed E-state index contributed by atoms with van der Waals surface area (Å²) in [6.45, 7) is 13.0. The topological polar surface area (TPSA) is 46.5 Å². The van der Waals surface area contributed by atoms with Gasteiger partial charge in [0.15, 0.2) is 8.32 Å². The van der Waals surface area contributed by atoms with Crippen LogP contribution in [0.15, 0.2) is 12.2 Å². The molecule has 1 N–H and O–H groups in total. The Morgan fingerprint density at radius 3 is 2.21 bits per heavy atom. The van der Waals surface area contributed by atoms with Crippen LogP contribution in [0.3, 0.4) is 0 Å². The van der Waals surface area contributed by atoms with Crippen LogP contribution < -0.4 is 0 Å². The van der Waals surface area contributed by atoms with Crippen molar-refractivity contribution in [3.8, 4) is 0 Å². The van der Waals surface area contributed by atoms with E-state index in [9.17, 15) is 9.90 Å². The predicted octanol–water partition coefficient (Wildman–Crippen LogP) is 4.96. The van der Waals surface area contributed by atoms with Gasteiger partial charge in [-0.05, 0) is 43.8 Å². The van der Waals surface area contributed by atoms with E-state index in [2.05, 4.69) is 40.7 Å². The van der Waals surface area contributed by atoms with Gasteiger partial charge in [-0.3, -0.25) is 4.79 Å². The summed E-state index contributed by atoms with van der Waals surface area (Å²) in [6.07, 6.45) is 5.81. The highest BCUT2D eigenvalue weighted by atomic mass is 28.4. The molecule has 1 aliphatic rings. The first kappa shape index (κ1) is 21.6. The Labute approximate surface area is 150 Å². The summed E-state index contributed by atoms with van der Waals surface area (Å²) in [5.41, 5.74) is 0. The third-order valence-electron chi connectivity index (χ3n) is 6.01. The molecule has 0 saturated heterocycles. The zero-order valence-corrected chi connectivity index (χ0v) is 17.5. The van der Waals surface area contributed by atoms with Crippen LogP contribution in [0.5, 0.6) is 0 Å². The maximum Gasteiger partial charge on any atom is 0.192 e. The molecule has 4 heteroatoms. The third-order valence-corrected chi connectivity index (χ3v) is 10.6. The molecule has 0 spiro atoms. The Balaban J connectivity index is 3.08. The Bertz CT molecular complexity index is 407. The molecule has 0 heterocycles. The van der Waals surface area contributed by atoms with Gasteiger partial charge in [-0.1, -0.05) is 46.8 Å². The highest BCUT2D eigenvalue weighted by Crippen LogP contribution is 2.36. The summed E-state index contributed by atoms with van der Waals surface area (Å²) < 4.78 is 6.75. The maximum absolute atomic E-state index is 12.2. The number of carbonyl (C=O) groups excluding carboxylic acids is 1. The molecule has 0 amide bonds. The van der Waals surface area contributed by atoms with Crippen molar-refractivity contribution in [1.29, 1.82) is 0 Å². The Morgan fingerprint density at radius 1 is 1.25 bits per heavy atom. The molecule has 0 aliphatic heterocycles. The zero-order valence-electron chi connectivity index (χ0n) is 16.5. The molecule has 24 heavy (non-hydrogen) atoms. The summed E-state index contributed by atoms with van der Waals surface area (Å²) in [5.74, 6) is 0.281. The van der Waals surface area contributed by atoms with Crippen LogP contribution in [0.1, 0.15) is 60.8 Å². The van der Waals surface area contributed by atoms with Crippen LogP contribution in [0.4, 0.5) is 0 Å². The molecule has 1 rings (SSSR count). The molecule has 0 aromatic heterocycles. The standard InChI is InChI=1S/C20H38O3Si/c1-7-12-18(23-24(8-2,9-3)10-4)19(15(5)6)20(22)16-13-11-14-17(16)21/h7,12,15-16,18-20,22H,8-11,13-14H2,1-6H3/b12-7+/t16?,18-,19+,20?/m1/s1. The van der Waals surface area contributed by atoms with Gasteiger partial charge in [0.25, 0.3) is 0 Å². The lowest BCUT2D eigenvalue weighted by Crippen LogP contribution is -2.48. The Kier molecular flexibility index (Phi) is 8.89. The molecular formula is C20H38O3Si. The molecule has 4 atom stereocenters. The average Bonchev–Trinajstić information content (AvgIpc) is 2.98. The molecule has 140 valence electrons. The lowest BCUT2D eigenvalue weighted by atomic mass is 9.79. The first-order valence-electron chi connectivity index (χ1n) is 9.87. The highest BCUT2D eigenvalue weighted by molar-refractivity contribution is 6.73. The lowest BCUT2D eigenvalue weighted by Gasteiger charge is -2.40. The number of ketones is 1. The van der Waals surface area contributed by atoms with E-state index in [1.165, 1.54) is 0 Å². The number of carbonyl (C=O) groups is 1. The normalized spacial score (nSPS) is 23.2. The fourth-order valence-electron chi connectivity index (χ4n) is 4.16. The van der Waals surface area contributed by atoms with Crippen LogP contribution >= 0.6 is 0 Å². The van der Waals surface area contributed by atoms with E-state index in [4.69, 9.17) is 4.43 Å². The largest absolute Gasteiger partial charge is 0.410 e. The van der Waals surface area contributed by atoms with E-state index in [0.29, 0.717) is 6.42 Å². The van der Waals surface area contributed by atoms with Crippen molar-refractivity contribution in [2.45, 2.75) is 91.1 Å². The molecule has 1 aliphatic carbocycles. The van der Waals surface area contributed by atoms with Crippen LogP contribution in [0, 0.1) is 17.8 Å². The molecule has 0 aromatic rings. The second kappa shape index (κ2) is 9.88. The van der Waals surface area contributed by atoms with Gasteiger partial charge in [-0.25, -0.2) is 0 Å². The van der Waals surface area contributed by atoms with Crippen molar-refractivity contribution in [2.24, 2.45) is 17.8 Å². The van der Waals surface area contributed by atoms with Crippen LogP contribution in [0.2, 0.25) is 18.1 Å². The van der Waals surface area contributed by atoms with Gasteiger partial charge in [0.2, 0.25) is 0 Å². The van der Waals surface area contributed by atoms with Gasteiger partial charge in [0.1, 0.15) is 5.78 Å². The summed E-state index contributed by atoms with van der Waals surface area (Å²) in [5, 5.41) is 11.0. The quantitative estimate of drug-likeness (QED) is 0.446. The zero-order chi connectivity index (χ0) is 18.3.